The fraction of sp³-hybridized carbons (Fsp3) is 0.409. The van der Waals surface area contributed by atoms with Gasteiger partial charge in [-0.1, -0.05) is 6.07 Å². The molecular weight excluding hydrogens is 386 g/mol. The van der Waals surface area contributed by atoms with Gasteiger partial charge in [-0.05, 0) is 49.2 Å². The van der Waals surface area contributed by atoms with Gasteiger partial charge in [0, 0.05) is 31.8 Å². The zero-order chi connectivity index (χ0) is 21.7. The van der Waals surface area contributed by atoms with Gasteiger partial charge in [-0.3, -0.25) is 14.9 Å². The first-order valence-electron chi connectivity index (χ1n) is 9.93. The molecule has 3 rings (SSSR count). The number of carbonyl (C=O) groups excluding carboxylic acids is 1. The SMILES string of the molecule is Cc1cc(C)cc(OCCN(C)c2ccc(C(=O)N3CCOCC3)cc2[N+](=O)[O-])c1. The number of nitro benzene ring substituents is 1. The number of likely N-dealkylation sites (N-methyl/N-ethyl adjacent to an activating group) is 1. The third-order valence-corrected chi connectivity index (χ3v) is 5.02. The smallest absolute Gasteiger partial charge is 0.293 e. The molecule has 1 amide bonds. The van der Waals surface area contributed by atoms with Crippen LogP contribution in [0.4, 0.5) is 11.4 Å². The second-order valence-electron chi connectivity index (χ2n) is 7.46. The highest BCUT2D eigenvalue weighted by Crippen LogP contribution is 2.29. The van der Waals surface area contributed by atoms with Crippen molar-refractivity contribution < 1.29 is 19.2 Å². The third kappa shape index (κ3) is 5.27. The van der Waals surface area contributed by atoms with Crippen molar-refractivity contribution in [2.75, 3.05) is 51.4 Å². The summed E-state index contributed by atoms with van der Waals surface area (Å²) in [6.45, 7) is 6.80. The van der Waals surface area contributed by atoms with Gasteiger partial charge in [0.2, 0.25) is 0 Å². The summed E-state index contributed by atoms with van der Waals surface area (Å²) in [5.74, 6) is 0.565. The highest BCUT2D eigenvalue weighted by molar-refractivity contribution is 5.95. The summed E-state index contributed by atoms with van der Waals surface area (Å²) in [6.07, 6.45) is 0. The van der Waals surface area contributed by atoms with Gasteiger partial charge >= 0.3 is 0 Å². The van der Waals surface area contributed by atoms with E-state index >= 15 is 0 Å². The molecule has 0 aromatic heterocycles. The van der Waals surface area contributed by atoms with Crippen LogP contribution >= 0.6 is 0 Å². The van der Waals surface area contributed by atoms with E-state index < -0.39 is 4.92 Å². The standard InChI is InChI=1S/C22H27N3O5/c1-16-12-17(2)14-19(13-16)30-11-6-23(3)20-5-4-18(15-21(20)25(27)28)22(26)24-7-9-29-10-8-24/h4-5,12-15H,6-11H2,1-3H3. The van der Waals surface area contributed by atoms with E-state index in [1.54, 1.807) is 29.0 Å². The monoisotopic (exact) mass is 413 g/mol. The molecule has 1 aliphatic rings. The van der Waals surface area contributed by atoms with Crippen molar-refractivity contribution >= 4 is 17.3 Å². The molecule has 0 saturated carbocycles. The summed E-state index contributed by atoms with van der Waals surface area (Å²) in [6, 6.07) is 10.6. The number of hydrogen-bond donors (Lipinski definition) is 0. The Hall–Kier alpha value is -3.13. The Kier molecular flexibility index (Phi) is 6.89. The van der Waals surface area contributed by atoms with Crippen molar-refractivity contribution in [1.82, 2.24) is 4.90 Å². The summed E-state index contributed by atoms with van der Waals surface area (Å²) >= 11 is 0. The van der Waals surface area contributed by atoms with Crippen LogP contribution in [0.5, 0.6) is 5.75 Å². The summed E-state index contributed by atoms with van der Waals surface area (Å²) in [7, 11) is 1.77. The largest absolute Gasteiger partial charge is 0.492 e. The lowest BCUT2D eigenvalue weighted by Gasteiger charge is -2.27. The zero-order valence-electron chi connectivity index (χ0n) is 17.6. The van der Waals surface area contributed by atoms with Gasteiger partial charge in [-0.15, -0.1) is 0 Å². The number of nitrogens with zero attached hydrogens (tertiary/aromatic N) is 3. The molecule has 0 N–H and O–H groups in total. The zero-order valence-corrected chi connectivity index (χ0v) is 17.6. The minimum absolute atomic E-state index is 0.0944. The predicted molar refractivity (Wildman–Crippen MR) is 114 cm³/mol. The quantitative estimate of drug-likeness (QED) is 0.512. The van der Waals surface area contributed by atoms with Crippen LogP contribution in [0.2, 0.25) is 0 Å². The van der Waals surface area contributed by atoms with Gasteiger partial charge in [0.25, 0.3) is 11.6 Å². The molecule has 0 radical (unpaired) electrons. The lowest BCUT2D eigenvalue weighted by molar-refractivity contribution is -0.384. The number of benzene rings is 2. The number of rotatable bonds is 7. The normalized spacial score (nSPS) is 13.8. The van der Waals surface area contributed by atoms with E-state index in [0.29, 0.717) is 50.7 Å². The van der Waals surface area contributed by atoms with Gasteiger partial charge in [0.15, 0.2) is 0 Å². The topological polar surface area (TPSA) is 85.2 Å². The fourth-order valence-corrected chi connectivity index (χ4v) is 3.51. The van der Waals surface area contributed by atoms with Crippen LogP contribution in [0.25, 0.3) is 0 Å². The Bertz CT molecular complexity index is 905. The van der Waals surface area contributed by atoms with Crippen molar-refractivity contribution in [1.29, 1.82) is 0 Å². The Morgan fingerprint density at radius 3 is 2.47 bits per heavy atom. The minimum Gasteiger partial charge on any atom is -0.492 e. The first-order chi connectivity index (χ1) is 14.3. The molecular formula is C22H27N3O5. The van der Waals surface area contributed by atoms with Crippen molar-refractivity contribution in [2.24, 2.45) is 0 Å². The van der Waals surface area contributed by atoms with E-state index in [2.05, 4.69) is 6.07 Å². The van der Waals surface area contributed by atoms with Crippen LogP contribution in [0.3, 0.4) is 0 Å². The number of anilines is 1. The second kappa shape index (κ2) is 9.58. The molecule has 0 bridgehead atoms. The third-order valence-electron chi connectivity index (χ3n) is 5.02. The molecule has 1 aliphatic heterocycles. The molecule has 0 aliphatic carbocycles. The van der Waals surface area contributed by atoms with Crippen LogP contribution in [0.1, 0.15) is 21.5 Å². The molecule has 1 fully saturated rings. The number of nitro groups is 1. The molecule has 1 heterocycles. The highest BCUT2D eigenvalue weighted by atomic mass is 16.6. The molecule has 8 heteroatoms. The Labute approximate surface area is 176 Å². The number of hydrogen-bond acceptors (Lipinski definition) is 6. The Morgan fingerprint density at radius 2 is 1.83 bits per heavy atom. The van der Waals surface area contributed by atoms with Gasteiger partial charge < -0.3 is 19.3 Å². The lowest BCUT2D eigenvalue weighted by Crippen LogP contribution is -2.40. The number of ether oxygens (including phenoxy) is 2. The predicted octanol–water partition coefficient (Wildman–Crippen LogP) is 3.20. The van der Waals surface area contributed by atoms with E-state index in [4.69, 9.17) is 9.47 Å². The van der Waals surface area contributed by atoms with E-state index in [1.165, 1.54) is 6.07 Å². The molecule has 8 nitrogen and oxygen atoms in total. The van der Waals surface area contributed by atoms with Crippen LogP contribution < -0.4 is 9.64 Å². The van der Waals surface area contributed by atoms with Crippen LogP contribution in [-0.2, 0) is 4.74 Å². The number of amides is 1. The summed E-state index contributed by atoms with van der Waals surface area (Å²) in [5.41, 5.74) is 2.90. The van der Waals surface area contributed by atoms with Crippen LogP contribution in [0, 0.1) is 24.0 Å². The maximum absolute atomic E-state index is 12.7. The summed E-state index contributed by atoms with van der Waals surface area (Å²) in [4.78, 5) is 27.3. The second-order valence-corrected chi connectivity index (χ2v) is 7.46. The summed E-state index contributed by atoms with van der Waals surface area (Å²) in [5, 5.41) is 11.7. The first kappa shape index (κ1) is 21.6. The maximum atomic E-state index is 12.7. The van der Waals surface area contributed by atoms with E-state index in [9.17, 15) is 14.9 Å². The average molecular weight is 413 g/mol. The summed E-state index contributed by atoms with van der Waals surface area (Å²) < 4.78 is 11.1. The van der Waals surface area contributed by atoms with Crippen LogP contribution in [-0.4, -0.2) is 62.2 Å². The molecule has 30 heavy (non-hydrogen) atoms. The average Bonchev–Trinajstić information content (AvgIpc) is 2.72. The van der Waals surface area contributed by atoms with Gasteiger partial charge in [-0.2, -0.15) is 0 Å². The van der Waals surface area contributed by atoms with Crippen molar-refractivity contribution in [3.8, 4) is 5.75 Å². The van der Waals surface area contributed by atoms with E-state index in [0.717, 1.165) is 16.9 Å². The molecule has 0 spiro atoms. The van der Waals surface area contributed by atoms with E-state index in [-0.39, 0.29) is 11.6 Å². The number of carbonyl (C=O) groups is 1. The van der Waals surface area contributed by atoms with Gasteiger partial charge in [0.05, 0.1) is 24.7 Å². The highest BCUT2D eigenvalue weighted by Gasteiger charge is 2.24. The van der Waals surface area contributed by atoms with Crippen LogP contribution in [0.15, 0.2) is 36.4 Å². The minimum atomic E-state index is -0.452. The lowest BCUT2D eigenvalue weighted by atomic mass is 10.1. The fourth-order valence-electron chi connectivity index (χ4n) is 3.51. The van der Waals surface area contributed by atoms with E-state index in [1.807, 2.05) is 26.0 Å². The van der Waals surface area contributed by atoms with Gasteiger partial charge in [0.1, 0.15) is 18.0 Å². The van der Waals surface area contributed by atoms with Crippen molar-refractivity contribution in [3.05, 3.63) is 63.2 Å². The Morgan fingerprint density at radius 1 is 1.17 bits per heavy atom. The molecule has 2 aromatic carbocycles. The number of morpholine rings is 1. The Balaban J connectivity index is 1.69. The molecule has 0 unspecified atom stereocenters. The molecule has 1 saturated heterocycles. The van der Waals surface area contributed by atoms with Gasteiger partial charge in [-0.25, -0.2) is 0 Å². The van der Waals surface area contributed by atoms with Crippen molar-refractivity contribution in [2.45, 2.75) is 13.8 Å². The van der Waals surface area contributed by atoms with Crippen molar-refractivity contribution in [3.63, 3.8) is 0 Å². The first-order valence-corrected chi connectivity index (χ1v) is 9.93. The molecule has 160 valence electrons. The molecule has 2 aromatic rings. The maximum Gasteiger partial charge on any atom is 0.293 e. The molecule has 0 atom stereocenters. The number of aryl methyl sites for hydroxylation is 2.